The van der Waals surface area contributed by atoms with Crippen molar-refractivity contribution < 1.29 is 27.8 Å². The fourth-order valence-electron chi connectivity index (χ4n) is 3.11. The molecule has 1 atom stereocenters. The summed E-state index contributed by atoms with van der Waals surface area (Å²) in [5, 5.41) is 2.61. The lowest BCUT2D eigenvalue weighted by atomic mass is 10.2. The Labute approximate surface area is 186 Å². The maximum absolute atomic E-state index is 14.1. The predicted molar refractivity (Wildman–Crippen MR) is 114 cm³/mol. The molecule has 1 saturated heterocycles. The molecule has 1 amide bonds. The van der Waals surface area contributed by atoms with Gasteiger partial charge in [-0.25, -0.2) is 13.8 Å². The molecule has 32 heavy (non-hydrogen) atoms. The molecule has 3 heterocycles. The summed E-state index contributed by atoms with van der Waals surface area (Å²) < 4.78 is 45.1. The van der Waals surface area contributed by atoms with Crippen molar-refractivity contribution in [2.24, 2.45) is 0 Å². The molecule has 0 bridgehead atoms. The summed E-state index contributed by atoms with van der Waals surface area (Å²) in [5.41, 5.74) is 5.70. The number of nitrogen functional groups attached to an aromatic ring is 1. The van der Waals surface area contributed by atoms with Gasteiger partial charge in [0.15, 0.2) is 11.5 Å². The van der Waals surface area contributed by atoms with Gasteiger partial charge in [-0.3, -0.25) is 9.78 Å². The smallest absolute Gasteiger partial charge is 0.277 e. The largest absolute Gasteiger partial charge is 0.488 e. The third-order valence-corrected chi connectivity index (χ3v) is 5.47. The van der Waals surface area contributed by atoms with E-state index >= 15 is 0 Å². The van der Waals surface area contributed by atoms with Gasteiger partial charge in [-0.2, -0.15) is 0 Å². The number of hydrogen-bond acceptors (Lipinski definition) is 8. The van der Waals surface area contributed by atoms with E-state index in [1.54, 1.807) is 6.07 Å². The normalized spacial score (nSPS) is 17.3. The summed E-state index contributed by atoms with van der Waals surface area (Å²) in [5.74, 6) is -2.58. The maximum Gasteiger partial charge on any atom is 0.277 e. The molecule has 3 aromatic rings. The van der Waals surface area contributed by atoms with Crippen LogP contribution in [0.15, 0.2) is 36.7 Å². The molecule has 168 valence electrons. The Hall–Kier alpha value is -3.15. The van der Waals surface area contributed by atoms with Gasteiger partial charge < -0.3 is 25.3 Å². The number of ether oxygens (including phenoxy) is 3. The zero-order valence-electron chi connectivity index (χ0n) is 17.2. The molecule has 11 heteroatoms. The highest BCUT2D eigenvalue weighted by atomic mass is 32.1. The Morgan fingerprint density at radius 1 is 1.34 bits per heavy atom. The summed E-state index contributed by atoms with van der Waals surface area (Å²) in [7, 11) is 0. The first-order valence-corrected chi connectivity index (χ1v) is 10.5. The van der Waals surface area contributed by atoms with E-state index in [0.717, 1.165) is 23.5 Å². The van der Waals surface area contributed by atoms with Crippen molar-refractivity contribution in [1.29, 1.82) is 0 Å². The molecule has 1 aromatic carbocycles. The van der Waals surface area contributed by atoms with Crippen molar-refractivity contribution >= 4 is 27.9 Å². The molecule has 1 aliphatic rings. The zero-order chi connectivity index (χ0) is 22.9. The molecule has 1 aliphatic heterocycles. The van der Waals surface area contributed by atoms with Crippen LogP contribution < -0.4 is 15.8 Å². The quantitative estimate of drug-likeness (QED) is 0.573. The molecular weight excluding hydrogens is 442 g/mol. The molecule has 8 nitrogen and oxygen atoms in total. The second-order valence-corrected chi connectivity index (χ2v) is 8.45. The van der Waals surface area contributed by atoms with Crippen molar-refractivity contribution in [2.45, 2.75) is 25.7 Å². The molecular formula is C21H20F2N4O4S. The van der Waals surface area contributed by atoms with Crippen molar-refractivity contribution in [3.8, 4) is 16.3 Å². The van der Waals surface area contributed by atoms with Crippen LogP contribution in [0.4, 0.5) is 19.5 Å². The lowest BCUT2D eigenvalue weighted by molar-refractivity contribution is -0.141. The van der Waals surface area contributed by atoms with Gasteiger partial charge in [0, 0.05) is 12.3 Å². The van der Waals surface area contributed by atoms with E-state index < -0.39 is 23.3 Å². The van der Waals surface area contributed by atoms with E-state index in [9.17, 15) is 13.6 Å². The summed E-state index contributed by atoms with van der Waals surface area (Å²) in [6.07, 6.45) is 2.65. The van der Waals surface area contributed by atoms with Gasteiger partial charge in [0.25, 0.3) is 5.91 Å². The predicted octanol–water partition coefficient (Wildman–Crippen LogP) is 3.85. The highest BCUT2D eigenvalue weighted by molar-refractivity contribution is 7.19. The minimum atomic E-state index is -0.796. The van der Waals surface area contributed by atoms with Crippen molar-refractivity contribution in [1.82, 2.24) is 9.97 Å². The highest BCUT2D eigenvalue weighted by Crippen LogP contribution is 2.34. The lowest BCUT2D eigenvalue weighted by Crippen LogP contribution is -2.25. The number of aromatic nitrogens is 2. The van der Waals surface area contributed by atoms with Crippen LogP contribution in [0.1, 0.15) is 24.3 Å². The molecule has 0 radical (unpaired) electrons. The first-order chi connectivity index (χ1) is 15.2. The Bertz CT molecular complexity index is 1130. The van der Waals surface area contributed by atoms with Crippen LogP contribution in [0.5, 0.6) is 5.75 Å². The van der Waals surface area contributed by atoms with Gasteiger partial charge in [0.2, 0.25) is 0 Å². The Morgan fingerprint density at radius 3 is 2.78 bits per heavy atom. The number of amides is 1. The summed E-state index contributed by atoms with van der Waals surface area (Å²) >= 11 is 0.814. The van der Waals surface area contributed by atoms with E-state index in [4.69, 9.17) is 19.9 Å². The van der Waals surface area contributed by atoms with Gasteiger partial charge >= 0.3 is 0 Å². The first kappa shape index (κ1) is 22.1. The molecule has 0 saturated carbocycles. The van der Waals surface area contributed by atoms with E-state index in [0.29, 0.717) is 12.4 Å². The lowest BCUT2D eigenvalue weighted by Gasteiger charge is -2.18. The summed E-state index contributed by atoms with van der Waals surface area (Å²) in [6.45, 7) is 4.20. The summed E-state index contributed by atoms with van der Waals surface area (Å²) in [4.78, 5) is 20.8. The molecule has 0 aliphatic carbocycles. The number of nitrogens with two attached hydrogens (primary N) is 1. The average molecular weight is 462 g/mol. The number of thiazole rings is 1. The fraction of sp³-hybridized carbons (Fsp3) is 0.286. The minimum absolute atomic E-state index is 0.0187. The molecule has 1 fully saturated rings. The van der Waals surface area contributed by atoms with Gasteiger partial charge in [-0.05, 0) is 26.0 Å². The average Bonchev–Trinajstić information content (AvgIpc) is 3.29. The summed E-state index contributed by atoms with van der Waals surface area (Å²) in [6, 6.07) is 5.04. The Kier molecular flexibility index (Phi) is 6.04. The van der Waals surface area contributed by atoms with E-state index in [2.05, 4.69) is 15.3 Å². The van der Waals surface area contributed by atoms with Gasteiger partial charge in [-0.15, -0.1) is 0 Å². The van der Waals surface area contributed by atoms with Crippen LogP contribution in [0, 0.1) is 11.6 Å². The minimum Gasteiger partial charge on any atom is -0.488 e. The molecule has 3 N–H and O–H groups in total. The third-order valence-electron chi connectivity index (χ3n) is 4.57. The van der Waals surface area contributed by atoms with Crippen molar-refractivity contribution in [3.63, 3.8) is 0 Å². The number of nitrogens with zero attached hydrogens (tertiary/aromatic N) is 2. The van der Waals surface area contributed by atoms with Crippen molar-refractivity contribution in [2.75, 3.05) is 24.3 Å². The number of rotatable bonds is 6. The maximum atomic E-state index is 14.1. The standard InChI is InChI=1S/C21H20F2N4O4S/c1-21(2)30-10-11(31-21)9-29-15-6-7-25-8-14(15)26-19(28)17-18(24)32-20(27-17)16-12(22)4-3-5-13(16)23/h3-8,11H,9-10,24H2,1-2H3,(H,26,28). The van der Waals surface area contributed by atoms with Crippen LogP contribution in [-0.4, -0.2) is 41.0 Å². The zero-order valence-corrected chi connectivity index (χ0v) is 18.0. The highest BCUT2D eigenvalue weighted by Gasteiger charge is 2.33. The molecule has 2 aromatic heterocycles. The number of halogens is 2. The van der Waals surface area contributed by atoms with E-state index in [-0.39, 0.29) is 39.7 Å². The number of carbonyl (C=O) groups is 1. The molecule has 0 spiro atoms. The van der Waals surface area contributed by atoms with Crippen LogP contribution >= 0.6 is 11.3 Å². The van der Waals surface area contributed by atoms with Crippen molar-refractivity contribution in [3.05, 3.63) is 54.0 Å². The van der Waals surface area contributed by atoms with Crippen LogP contribution in [0.2, 0.25) is 0 Å². The SMILES string of the molecule is CC1(C)OCC(COc2ccncc2NC(=O)c2nc(-c3c(F)cccc3F)sc2N)O1. The number of nitrogens with one attached hydrogen (secondary N) is 1. The van der Waals surface area contributed by atoms with E-state index in [1.165, 1.54) is 18.5 Å². The number of carbonyl (C=O) groups excluding carboxylic acids is 1. The fourth-order valence-corrected chi connectivity index (χ4v) is 3.99. The second-order valence-electron chi connectivity index (χ2n) is 7.42. The van der Waals surface area contributed by atoms with Crippen LogP contribution in [0.25, 0.3) is 10.6 Å². The number of benzene rings is 1. The van der Waals surface area contributed by atoms with Gasteiger partial charge in [0.05, 0.1) is 18.4 Å². The Balaban J connectivity index is 1.50. The van der Waals surface area contributed by atoms with Gasteiger partial charge in [0.1, 0.15) is 45.8 Å². The Morgan fingerprint density at radius 2 is 2.09 bits per heavy atom. The second kappa shape index (κ2) is 8.77. The molecule has 1 unspecified atom stereocenters. The van der Waals surface area contributed by atoms with E-state index in [1.807, 2.05) is 13.8 Å². The number of hydrogen-bond donors (Lipinski definition) is 2. The van der Waals surface area contributed by atoms with Gasteiger partial charge in [-0.1, -0.05) is 17.4 Å². The first-order valence-electron chi connectivity index (χ1n) is 9.64. The van der Waals surface area contributed by atoms with Crippen LogP contribution in [-0.2, 0) is 9.47 Å². The third kappa shape index (κ3) is 4.69. The monoisotopic (exact) mass is 462 g/mol. The molecule has 4 rings (SSSR count). The van der Waals surface area contributed by atoms with Crippen LogP contribution in [0.3, 0.4) is 0 Å². The number of anilines is 2. The topological polar surface area (TPSA) is 109 Å². The number of pyridine rings is 1.